The molecule has 29 heavy (non-hydrogen) atoms. The van der Waals surface area contributed by atoms with Gasteiger partial charge in [0.2, 0.25) is 5.91 Å². The molecule has 2 aromatic heterocycles. The number of carbonyl (C=O) groups excluding carboxylic acids is 1. The van der Waals surface area contributed by atoms with Crippen LogP contribution in [-0.4, -0.2) is 18.0 Å². The number of hydrogen-bond acceptors (Lipinski definition) is 4. The number of amides is 1. The predicted octanol–water partition coefficient (Wildman–Crippen LogP) is 5.65. The third kappa shape index (κ3) is 3.59. The van der Waals surface area contributed by atoms with Gasteiger partial charge in [-0.2, -0.15) is 0 Å². The molecule has 0 saturated heterocycles. The van der Waals surface area contributed by atoms with Crippen LogP contribution < -0.4 is 10.1 Å². The van der Waals surface area contributed by atoms with Gasteiger partial charge in [0, 0.05) is 34.2 Å². The summed E-state index contributed by atoms with van der Waals surface area (Å²) in [7, 11) is 1.61. The van der Waals surface area contributed by atoms with Crippen molar-refractivity contribution in [1.29, 1.82) is 0 Å². The second-order valence-corrected chi connectivity index (χ2v) is 7.11. The molecule has 0 atom stereocenters. The number of pyridine rings is 1. The number of rotatable bonds is 4. The van der Waals surface area contributed by atoms with Gasteiger partial charge in [0.25, 0.3) is 0 Å². The van der Waals surface area contributed by atoms with Gasteiger partial charge in [-0.3, -0.25) is 9.78 Å². The minimum absolute atomic E-state index is 0.207. The molecule has 0 aliphatic heterocycles. The van der Waals surface area contributed by atoms with Crippen LogP contribution in [0.3, 0.4) is 0 Å². The number of aromatic nitrogens is 1. The highest BCUT2D eigenvalue weighted by Gasteiger charge is 2.13. The quantitative estimate of drug-likeness (QED) is 0.460. The summed E-state index contributed by atoms with van der Waals surface area (Å²) in [6.45, 7) is 5.83. The average Bonchev–Trinajstić information content (AvgIpc) is 3.06. The lowest BCUT2D eigenvalue weighted by atomic mass is 10.0. The number of fused-ring (bicyclic) bond motifs is 2. The topological polar surface area (TPSA) is 64.4 Å². The highest BCUT2D eigenvalue weighted by molar-refractivity contribution is 6.08. The molecule has 0 unspecified atom stereocenters. The lowest BCUT2D eigenvalue weighted by Gasteiger charge is -2.11. The van der Waals surface area contributed by atoms with Gasteiger partial charge in [0.1, 0.15) is 11.3 Å². The Morgan fingerprint density at radius 2 is 1.97 bits per heavy atom. The van der Waals surface area contributed by atoms with Crippen LogP contribution in [0.1, 0.15) is 23.7 Å². The number of allylic oxidation sites excluding steroid dienone is 1. The summed E-state index contributed by atoms with van der Waals surface area (Å²) in [5.41, 5.74) is 5.99. The summed E-state index contributed by atoms with van der Waals surface area (Å²) in [5.74, 6) is 0.458. The highest BCUT2D eigenvalue weighted by Crippen LogP contribution is 2.33. The Bertz CT molecular complexity index is 1270. The van der Waals surface area contributed by atoms with Crippen molar-refractivity contribution in [1.82, 2.24) is 4.98 Å². The molecule has 2 aromatic carbocycles. The number of hydrogen-bond donors (Lipinski definition) is 1. The summed E-state index contributed by atoms with van der Waals surface area (Å²) in [6.07, 6.45) is 3.30. The van der Waals surface area contributed by atoms with E-state index in [2.05, 4.69) is 10.3 Å². The summed E-state index contributed by atoms with van der Waals surface area (Å²) < 4.78 is 11.1. The van der Waals surface area contributed by atoms with Gasteiger partial charge in [0.15, 0.2) is 0 Å². The van der Waals surface area contributed by atoms with Gasteiger partial charge < -0.3 is 14.5 Å². The molecule has 0 radical (unpaired) electrons. The molecule has 2 heterocycles. The monoisotopic (exact) mass is 386 g/mol. The zero-order chi connectivity index (χ0) is 20.5. The van der Waals surface area contributed by atoms with Gasteiger partial charge in [-0.15, -0.1) is 0 Å². The van der Waals surface area contributed by atoms with Crippen molar-refractivity contribution in [2.75, 3.05) is 12.4 Å². The van der Waals surface area contributed by atoms with Crippen LogP contribution in [0.2, 0.25) is 0 Å². The van der Waals surface area contributed by atoms with Crippen molar-refractivity contribution in [2.45, 2.75) is 20.8 Å². The number of anilines is 1. The Morgan fingerprint density at radius 1 is 1.14 bits per heavy atom. The van der Waals surface area contributed by atoms with Crippen LogP contribution in [0.25, 0.3) is 27.4 Å². The van der Waals surface area contributed by atoms with E-state index in [4.69, 9.17) is 9.15 Å². The summed E-state index contributed by atoms with van der Waals surface area (Å²) in [4.78, 5) is 17.2. The maximum absolute atomic E-state index is 12.7. The first-order chi connectivity index (χ1) is 14.0. The van der Waals surface area contributed by atoms with Crippen molar-refractivity contribution in [3.05, 3.63) is 71.6 Å². The molecule has 146 valence electrons. The molecule has 0 spiro atoms. The molecular formula is C24H22N2O3. The van der Waals surface area contributed by atoms with Crippen LogP contribution in [0.5, 0.6) is 5.75 Å². The molecule has 5 heteroatoms. The second-order valence-electron chi connectivity index (χ2n) is 7.11. The summed E-state index contributed by atoms with van der Waals surface area (Å²) >= 11 is 0. The van der Waals surface area contributed by atoms with Gasteiger partial charge in [-0.25, -0.2) is 0 Å². The molecule has 0 saturated carbocycles. The van der Waals surface area contributed by atoms with Crippen LogP contribution in [0.15, 0.2) is 59.2 Å². The van der Waals surface area contributed by atoms with Crippen molar-refractivity contribution in [3.63, 3.8) is 0 Å². The Labute approximate surface area is 169 Å². The highest BCUT2D eigenvalue weighted by atomic mass is 16.5. The number of nitrogens with zero attached hydrogens (tertiary/aromatic N) is 1. The first-order valence-corrected chi connectivity index (χ1v) is 9.38. The van der Waals surface area contributed by atoms with E-state index < -0.39 is 0 Å². The van der Waals surface area contributed by atoms with Gasteiger partial charge >= 0.3 is 0 Å². The largest absolute Gasteiger partial charge is 0.496 e. The van der Waals surface area contributed by atoms with Crippen molar-refractivity contribution in [2.24, 2.45) is 0 Å². The van der Waals surface area contributed by atoms with E-state index in [-0.39, 0.29) is 5.91 Å². The molecule has 0 bridgehead atoms. The average molecular weight is 386 g/mol. The van der Waals surface area contributed by atoms with Gasteiger partial charge in [-0.05, 0) is 62.2 Å². The molecule has 4 rings (SSSR count). The SMILES string of the molecule is COc1cc2occ(C)c2cc1/C(C)=C/C(=O)Nc1cccc2nc(C)ccc12. The van der Waals surface area contributed by atoms with E-state index in [0.717, 1.165) is 50.0 Å². The van der Waals surface area contributed by atoms with E-state index in [1.807, 2.05) is 63.2 Å². The second kappa shape index (κ2) is 7.43. The Hall–Kier alpha value is -3.60. The summed E-state index contributed by atoms with van der Waals surface area (Å²) in [6, 6.07) is 13.5. The number of benzene rings is 2. The maximum Gasteiger partial charge on any atom is 0.248 e. The van der Waals surface area contributed by atoms with Gasteiger partial charge in [-0.1, -0.05) is 6.07 Å². The van der Waals surface area contributed by atoms with Crippen molar-refractivity contribution < 1.29 is 13.9 Å². The van der Waals surface area contributed by atoms with Crippen LogP contribution in [-0.2, 0) is 4.79 Å². The fourth-order valence-corrected chi connectivity index (χ4v) is 3.47. The lowest BCUT2D eigenvalue weighted by molar-refractivity contribution is -0.111. The zero-order valence-electron chi connectivity index (χ0n) is 16.9. The Morgan fingerprint density at radius 3 is 2.76 bits per heavy atom. The lowest BCUT2D eigenvalue weighted by Crippen LogP contribution is -2.09. The minimum Gasteiger partial charge on any atom is -0.496 e. The molecule has 0 aliphatic rings. The van der Waals surface area contributed by atoms with Crippen molar-refractivity contribution >= 4 is 39.0 Å². The maximum atomic E-state index is 12.7. The molecule has 1 amide bonds. The van der Waals surface area contributed by atoms with Crippen molar-refractivity contribution in [3.8, 4) is 5.75 Å². The van der Waals surface area contributed by atoms with Gasteiger partial charge in [0.05, 0.1) is 24.6 Å². The molecule has 4 aromatic rings. The van der Waals surface area contributed by atoms with E-state index in [0.29, 0.717) is 5.75 Å². The molecule has 0 fully saturated rings. The number of furan rings is 1. The number of carbonyl (C=O) groups is 1. The molecule has 1 N–H and O–H groups in total. The normalized spacial score (nSPS) is 11.8. The van der Waals surface area contributed by atoms with E-state index in [9.17, 15) is 4.79 Å². The third-order valence-corrected chi connectivity index (χ3v) is 4.99. The van der Waals surface area contributed by atoms with E-state index >= 15 is 0 Å². The Balaban J connectivity index is 1.67. The standard InChI is InChI=1S/C24H22N2O3/c1-14(18-11-19-15(2)13-29-23(19)12-22(18)28-4)10-24(27)26-21-7-5-6-20-17(21)9-8-16(3)25-20/h5-13H,1-4H3,(H,26,27)/b14-10+. The number of nitrogens with one attached hydrogen (secondary N) is 1. The van der Waals surface area contributed by atoms with Crippen LogP contribution in [0.4, 0.5) is 5.69 Å². The fraction of sp³-hybridized carbons (Fsp3) is 0.167. The fourth-order valence-electron chi connectivity index (χ4n) is 3.47. The molecule has 5 nitrogen and oxygen atoms in total. The predicted molar refractivity (Wildman–Crippen MR) is 116 cm³/mol. The van der Waals surface area contributed by atoms with E-state index in [1.54, 1.807) is 19.4 Å². The van der Waals surface area contributed by atoms with E-state index in [1.165, 1.54) is 0 Å². The van der Waals surface area contributed by atoms with Crippen LogP contribution >= 0.6 is 0 Å². The first-order valence-electron chi connectivity index (χ1n) is 9.38. The molecule has 0 aliphatic carbocycles. The smallest absolute Gasteiger partial charge is 0.248 e. The zero-order valence-corrected chi connectivity index (χ0v) is 16.9. The number of methoxy groups -OCH3 is 1. The summed E-state index contributed by atoms with van der Waals surface area (Å²) in [5, 5.41) is 4.88. The van der Waals surface area contributed by atoms with Crippen LogP contribution in [0, 0.1) is 13.8 Å². The number of aryl methyl sites for hydroxylation is 2. The Kier molecular flexibility index (Phi) is 4.80. The minimum atomic E-state index is -0.207. The number of ether oxygens (including phenoxy) is 1. The molecular weight excluding hydrogens is 364 g/mol. The third-order valence-electron chi connectivity index (χ3n) is 4.99. The first kappa shape index (κ1) is 18.7.